The molecular formula is C17H21N. The molecule has 0 amide bonds. The van der Waals surface area contributed by atoms with Crippen molar-refractivity contribution in [1.82, 2.24) is 0 Å². The molecule has 18 heavy (non-hydrogen) atoms. The van der Waals surface area contributed by atoms with Gasteiger partial charge in [0.2, 0.25) is 0 Å². The van der Waals surface area contributed by atoms with Gasteiger partial charge in [-0.15, -0.1) is 0 Å². The van der Waals surface area contributed by atoms with Gasteiger partial charge in [0.25, 0.3) is 0 Å². The van der Waals surface area contributed by atoms with E-state index < -0.39 is 0 Å². The maximum absolute atomic E-state index is 6.00. The van der Waals surface area contributed by atoms with Gasteiger partial charge in [-0.1, -0.05) is 67.6 Å². The van der Waals surface area contributed by atoms with Gasteiger partial charge in [0.1, 0.15) is 0 Å². The normalized spacial score (nSPS) is 14.1. The molecule has 0 aliphatic carbocycles. The van der Waals surface area contributed by atoms with Gasteiger partial charge in [-0.3, -0.25) is 0 Å². The molecule has 2 rings (SSSR count). The summed E-state index contributed by atoms with van der Waals surface area (Å²) < 4.78 is 0. The smallest absolute Gasteiger partial charge is 0.00504 e. The highest BCUT2D eigenvalue weighted by molar-refractivity contribution is 5.26. The Labute approximate surface area is 110 Å². The molecule has 2 N–H and O–H groups in total. The summed E-state index contributed by atoms with van der Waals surface area (Å²) in [7, 11) is 0. The molecule has 1 nitrogen and oxygen atoms in total. The van der Waals surface area contributed by atoms with Crippen molar-refractivity contribution in [1.29, 1.82) is 0 Å². The molecule has 0 aliphatic rings. The third-order valence-corrected chi connectivity index (χ3v) is 3.73. The summed E-state index contributed by atoms with van der Waals surface area (Å²) in [6.07, 6.45) is 2.15. The first-order valence-corrected chi connectivity index (χ1v) is 6.54. The Morgan fingerprint density at radius 2 is 1.44 bits per heavy atom. The number of benzene rings is 2. The fourth-order valence-electron chi connectivity index (χ4n) is 2.27. The molecule has 0 saturated heterocycles. The van der Waals surface area contributed by atoms with E-state index in [-0.39, 0.29) is 5.41 Å². The fraction of sp³-hybridized carbons (Fsp3) is 0.294. The van der Waals surface area contributed by atoms with Crippen LogP contribution in [0.3, 0.4) is 0 Å². The van der Waals surface area contributed by atoms with Gasteiger partial charge < -0.3 is 5.73 Å². The van der Waals surface area contributed by atoms with Crippen LogP contribution in [0.2, 0.25) is 0 Å². The average Bonchev–Trinajstić information content (AvgIpc) is 2.47. The molecule has 0 bridgehead atoms. The maximum atomic E-state index is 6.00. The highest BCUT2D eigenvalue weighted by Crippen LogP contribution is 2.27. The largest absolute Gasteiger partial charge is 0.330 e. The molecule has 1 atom stereocenters. The minimum atomic E-state index is 0.0666. The molecule has 0 fully saturated rings. The molecule has 1 heteroatoms. The molecule has 94 valence electrons. The highest BCUT2D eigenvalue weighted by atomic mass is 14.6. The summed E-state index contributed by atoms with van der Waals surface area (Å²) in [6.45, 7) is 2.94. The van der Waals surface area contributed by atoms with E-state index in [4.69, 9.17) is 5.73 Å². The van der Waals surface area contributed by atoms with Crippen LogP contribution in [0.5, 0.6) is 0 Å². The number of aryl methyl sites for hydroxylation is 1. The molecular weight excluding hydrogens is 218 g/mol. The second kappa shape index (κ2) is 5.83. The summed E-state index contributed by atoms with van der Waals surface area (Å²) in [6, 6.07) is 21.2. The van der Waals surface area contributed by atoms with Crippen molar-refractivity contribution in [3.05, 3.63) is 71.8 Å². The van der Waals surface area contributed by atoms with E-state index in [1.54, 1.807) is 0 Å². The van der Waals surface area contributed by atoms with E-state index in [1.807, 2.05) is 0 Å². The number of hydrogen-bond acceptors (Lipinski definition) is 1. The Morgan fingerprint density at radius 1 is 0.889 bits per heavy atom. The molecule has 1 unspecified atom stereocenters. The second-order valence-electron chi connectivity index (χ2n) is 5.12. The lowest BCUT2D eigenvalue weighted by Gasteiger charge is -2.28. The van der Waals surface area contributed by atoms with Gasteiger partial charge in [-0.2, -0.15) is 0 Å². The standard InChI is InChI=1S/C17H21N/c1-17(14-18,16-10-6-3-7-11-16)13-12-15-8-4-2-5-9-15/h2-11H,12-14,18H2,1H3. The van der Waals surface area contributed by atoms with Gasteiger partial charge in [-0.05, 0) is 24.0 Å². The molecule has 0 aromatic heterocycles. The van der Waals surface area contributed by atoms with Gasteiger partial charge in [0.15, 0.2) is 0 Å². The van der Waals surface area contributed by atoms with Crippen molar-refractivity contribution < 1.29 is 0 Å². The van der Waals surface area contributed by atoms with E-state index in [0.29, 0.717) is 6.54 Å². The molecule has 0 aliphatic heterocycles. The Bertz CT molecular complexity index is 463. The summed E-state index contributed by atoms with van der Waals surface area (Å²) in [4.78, 5) is 0. The van der Waals surface area contributed by atoms with Crippen LogP contribution in [0.15, 0.2) is 60.7 Å². The Balaban J connectivity index is 2.10. The first-order chi connectivity index (χ1) is 8.74. The van der Waals surface area contributed by atoms with Gasteiger partial charge >= 0.3 is 0 Å². The highest BCUT2D eigenvalue weighted by Gasteiger charge is 2.24. The van der Waals surface area contributed by atoms with E-state index in [1.165, 1.54) is 11.1 Å². The van der Waals surface area contributed by atoms with Crippen LogP contribution in [0.4, 0.5) is 0 Å². The lowest BCUT2D eigenvalue weighted by molar-refractivity contribution is 0.445. The van der Waals surface area contributed by atoms with Crippen LogP contribution < -0.4 is 5.73 Å². The first kappa shape index (κ1) is 12.8. The van der Waals surface area contributed by atoms with E-state index in [0.717, 1.165) is 12.8 Å². The number of hydrogen-bond donors (Lipinski definition) is 1. The van der Waals surface area contributed by atoms with Crippen LogP contribution in [0.25, 0.3) is 0 Å². The summed E-state index contributed by atoms with van der Waals surface area (Å²) >= 11 is 0. The predicted octanol–water partition coefficient (Wildman–Crippen LogP) is 3.54. The molecule has 0 heterocycles. The molecule has 2 aromatic carbocycles. The average molecular weight is 239 g/mol. The van der Waals surface area contributed by atoms with Crippen molar-refractivity contribution in [3.63, 3.8) is 0 Å². The van der Waals surface area contributed by atoms with Crippen molar-refractivity contribution in [2.45, 2.75) is 25.2 Å². The van der Waals surface area contributed by atoms with E-state index in [9.17, 15) is 0 Å². The number of nitrogens with two attached hydrogens (primary N) is 1. The zero-order chi connectivity index (χ0) is 12.8. The third-order valence-electron chi connectivity index (χ3n) is 3.73. The van der Waals surface area contributed by atoms with Crippen molar-refractivity contribution >= 4 is 0 Å². The second-order valence-corrected chi connectivity index (χ2v) is 5.12. The SMILES string of the molecule is CC(CN)(CCc1ccccc1)c1ccccc1. The first-order valence-electron chi connectivity index (χ1n) is 6.54. The minimum absolute atomic E-state index is 0.0666. The van der Waals surface area contributed by atoms with Crippen molar-refractivity contribution in [3.8, 4) is 0 Å². The van der Waals surface area contributed by atoms with Crippen LogP contribution in [-0.2, 0) is 11.8 Å². The Kier molecular flexibility index (Phi) is 4.16. The Morgan fingerprint density at radius 3 is 2.00 bits per heavy atom. The summed E-state index contributed by atoms with van der Waals surface area (Å²) in [5, 5.41) is 0. The van der Waals surface area contributed by atoms with Crippen LogP contribution >= 0.6 is 0 Å². The zero-order valence-corrected chi connectivity index (χ0v) is 11.0. The number of rotatable bonds is 5. The zero-order valence-electron chi connectivity index (χ0n) is 11.0. The lowest BCUT2D eigenvalue weighted by atomic mass is 9.78. The predicted molar refractivity (Wildman–Crippen MR) is 77.6 cm³/mol. The summed E-state index contributed by atoms with van der Waals surface area (Å²) in [5.74, 6) is 0. The molecule has 0 spiro atoms. The van der Waals surface area contributed by atoms with Crippen molar-refractivity contribution in [2.24, 2.45) is 5.73 Å². The van der Waals surface area contributed by atoms with Crippen LogP contribution in [-0.4, -0.2) is 6.54 Å². The minimum Gasteiger partial charge on any atom is -0.330 e. The fourth-order valence-corrected chi connectivity index (χ4v) is 2.27. The molecule has 0 saturated carbocycles. The third kappa shape index (κ3) is 2.99. The summed E-state index contributed by atoms with van der Waals surface area (Å²) in [5.41, 5.74) is 8.79. The lowest BCUT2D eigenvalue weighted by Crippen LogP contribution is -2.32. The van der Waals surface area contributed by atoms with Crippen molar-refractivity contribution in [2.75, 3.05) is 6.54 Å². The molecule has 2 aromatic rings. The monoisotopic (exact) mass is 239 g/mol. The molecule has 0 radical (unpaired) electrons. The van der Waals surface area contributed by atoms with Crippen LogP contribution in [0.1, 0.15) is 24.5 Å². The van der Waals surface area contributed by atoms with Gasteiger partial charge in [0.05, 0.1) is 0 Å². The Hall–Kier alpha value is -1.60. The van der Waals surface area contributed by atoms with Gasteiger partial charge in [0, 0.05) is 12.0 Å². The van der Waals surface area contributed by atoms with Crippen LogP contribution in [0, 0.1) is 0 Å². The quantitative estimate of drug-likeness (QED) is 0.848. The maximum Gasteiger partial charge on any atom is 0.00504 e. The van der Waals surface area contributed by atoms with E-state index >= 15 is 0 Å². The van der Waals surface area contributed by atoms with Gasteiger partial charge in [-0.25, -0.2) is 0 Å². The van der Waals surface area contributed by atoms with E-state index in [2.05, 4.69) is 67.6 Å². The topological polar surface area (TPSA) is 26.0 Å².